The second-order valence-corrected chi connectivity index (χ2v) is 5.74. The molecule has 0 amide bonds. The highest BCUT2D eigenvalue weighted by atomic mass is 16.5. The predicted octanol–water partition coefficient (Wildman–Crippen LogP) is 3.08. The Labute approximate surface area is 125 Å². The second kappa shape index (κ2) is 6.35. The van der Waals surface area contributed by atoms with Crippen LogP contribution in [-0.2, 0) is 0 Å². The summed E-state index contributed by atoms with van der Waals surface area (Å²) in [6, 6.07) is 2.41. The summed E-state index contributed by atoms with van der Waals surface area (Å²) in [5, 5.41) is 7.77. The lowest BCUT2D eigenvalue weighted by Gasteiger charge is -2.17. The van der Waals surface area contributed by atoms with Crippen LogP contribution in [0.5, 0.6) is 0 Å². The quantitative estimate of drug-likeness (QED) is 0.915. The molecule has 1 N–H and O–H groups in total. The first kappa shape index (κ1) is 14.2. The van der Waals surface area contributed by atoms with E-state index in [1.54, 1.807) is 6.20 Å². The third-order valence-corrected chi connectivity index (χ3v) is 4.19. The molecule has 5 heteroatoms. The molecule has 1 saturated carbocycles. The first-order valence-electron chi connectivity index (χ1n) is 7.77. The zero-order valence-corrected chi connectivity index (χ0v) is 12.7. The molecule has 3 rings (SSSR count). The highest BCUT2D eigenvalue weighted by Crippen LogP contribution is 2.34. The van der Waals surface area contributed by atoms with Crippen molar-refractivity contribution in [1.82, 2.24) is 20.4 Å². The predicted molar refractivity (Wildman–Crippen MR) is 80.9 cm³/mol. The van der Waals surface area contributed by atoms with Gasteiger partial charge in [-0.1, -0.05) is 18.5 Å². The van der Waals surface area contributed by atoms with Gasteiger partial charge in [0, 0.05) is 24.0 Å². The lowest BCUT2D eigenvalue weighted by Crippen LogP contribution is -2.31. The Hall–Kier alpha value is -1.75. The van der Waals surface area contributed by atoms with Gasteiger partial charge in [0.05, 0.1) is 5.92 Å². The van der Waals surface area contributed by atoms with Gasteiger partial charge in [-0.3, -0.25) is 4.98 Å². The van der Waals surface area contributed by atoms with Crippen LogP contribution in [0.1, 0.15) is 50.0 Å². The molecule has 2 unspecified atom stereocenters. The smallest absolute Gasteiger partial charge is 0.231 e. The number of hydrogen-bond acceptors (Lipinski definition) is 5. The number of pyridine rings is 1. The van der Waals surface area contributed by atoms with Gasteiger partial charge < -0.3 is 9.84 Å². The van der Waals surface area contributed by atoms with Crippen molar-refractivity contribution in [3.05, 3.63) is 29.9 Å². The van der Waals surface area contributed by atoms with Gasteiger partial charge in [-0.05, 0) is 44.4 Å². The minimum Gasteiger partial charge on any atom is -0.339 e. The highest BCUT2D eigenvalue weighted by Gasteiger charge is 2.32. The molecule has 21 heavy (non-hydrogen) atoms. The first-order chi connectivity index (χ1) is 10.3. The fraction of sp³-hybridized carbons (Fsp3) is 0.562. The maximum absolute atomic E-state index is 5.55. The lowest BCUT2D eigenvalue weighted by molar-refractivity contribution is 0.330. The molecule has 5 nitrogen and oxygen atoms in total. The Bertz CT molecular complexity index is 595. The molecule has 2 atom stereocenters. The first-order valence-corrected chi connectivity index (χ1v) is 7.77. The van der Waals surface area contributed by atoms with E-state index in [2.05, 4.69) is 27.4 Å². The van der Waals surface area contributed by atoms with E-state index in [0.29, 0.717) is 17.8 Å². The Morgan fingerprint density at radius 2 is 2.29 bits per heavy atom. The monoisotopic (exact) mass is 286 g/mol. The molecular weight excluding hydrogens is 264 g/mol. The minimum atomic E-state index is 0.347. The molecule has 112 valence electrons. The van der Waals surface area contributed by atoms with Crippen LogP contribution >= 0.6 is 0 Å². The summed E-state index contributed by atoms with van der Waals surface area (Å²) in [5.41, 5.74) is 2.06. The van der Waals surface area contributed by atoms with Crippen molar-refractivity contribution in [1.29, 1.82) is 0 Å². The van der Waals surface area contributed by atoms with Crippen molar-refractivity contribution in [2.24, 2.45) is 0 Å². The third-order valence-electron chi connectivity index (χ3n) is 4.19. The van der Waals surface area contributed by atoms with Crippen molar-refractivity contribution in [2.45, 2.75) is 51.5 Å². The fourth-order valence-corrected chi connectivity index (χ4v) is 3.05. The number of rotatable bonds is 5. The van der Waals surface area contributed by atoms with Gasteiger partial charge in [-0.25, -0.2) is 0 Å². The van der Waals surface area contributed by atoms with Crippen LogP contribution < -0.4 is 5.32 Å². The van der Waals surface area contributed by atoms with E-state index in [-0.39, 0.29) is 0 Å². The molecule has 0 spiro atoms. The molecule has 1 fully saturated rings. The third kappa shape index (κ3) is 2.97. The SMILES string of the molecule is CCCNC1CCCC1c1nc(-c2ccncc2C)no1. The lowest BCUT2D eigenvalue weighted by atomic mass is 10.0. The summed E-state index contributed by atoms with van der Waals surface area (Å²) in [6.45, 7) is 5.25. The molecule has 0 radical (unpaired) electrons. The molecule has 0 aliphatic heterocycles. The van der Waals surface area contributed by atoms with Gasteiger partial charge in [0.2, 0.25) is 11.7 Å². The Morgan fingerprint density at radius 3 is 3.10 bits per heavy atom. The fourth-order valence-electron chi connectivity index (χ4n) is 3.05. The van der Waals surface area contributed by atoms with Gasteiger partial charge >= 0.3 is 0 Å². The van der Waals surface area contributed by atoms with E-state index in [0.717, 1.165) is 36.4 Å². The summed E-state index contributed by atoms with van der Waals surface area (Å²) < 4.78 is 5.55. The number of aromatic nitrogens is 3. The van der Waals surface area contributed by atoms with Gasteiger partial charge in [-0.2, -0.15) is 4.98 Å². The van der Waals surface area contributed by atoms with Crippen LogP contribution in [0.15, 0.2) is 23.0 Å². The van der Waals surface area contributed by atoms with Crippen LogP contribution in [0.4, 0.5) is 0 Å². The van der Waals surface area contributed by atoms with Crippen molar-refractivity contribution in [2.75, 3.05) is 6.54 Å². The van der Waals surface area contributed by atoms with Gasteiger partial charge in [0.25, 0.3) is 0 Å². The van der Waals surface area contributed by atoms with Gasteiger partial charge in [-0.15, -0.1) is 0 Å². The van der Waals surface area contributed by atoms with Crippen molar-refractivity contribution in [3.63, 3.8) is 0 Å². The summed E-state index contributed by atoms with van der Waals surface area (Å²) in [6.07, 6.45) is 8.27. The van der Waals surface area contributed by atoms with E-state index in [4.69, 9.17) is 4.52 Å². The summed E-state index contributed by atoms with van der Waals surface area (Å²) in [7, 11) is 0. The largest absolute Gasteiger partial charge is 0.339 e. The highest BCUT2D eigenvalue weighted by molar-refractivity contribution is 5.58. The maximum atomic E-state index is 5.55. The minimum absolute atomic E-state index is 0.347. The van der Waals surface area contributed by atoms with Crippen LogP contribution in [-0.4, -0.2) is 27.7 Å². The summed E-state index contributed by atoms with van der Waals surface area (Å²) in [4.78, 5) is 8.74. The Balaban J connectivity index is 1.80. The zero-order valence-electron chi connectivity index (χ0n) is 12.7. The Morgan fingerprint density at radius 1 is 1.38 bits per heavy atom. The molecule has 1 aliphatic rings. The van der Waals surface area contributed by atoms with Crippen molar-refractivity contribution >= 4 is 0 Å². The van der Waals surface area contributed by atoms with Crippen LogP contribution in [0.2, 0.25) is 0 Å². The van der Waals surface area contributed by atoms with Crippen molar-refractivity contribution < 1.29 is 4.52 Å². The van der Waals surface area contributed by atoms with E-state index >= 15 is 0 Å². The number of nitrogens with one attached hydrogen (secondary N) is 1. The topological polar surface area (TPSA) is 63.8 Å². The standard InChI is InChI=1S/C16H22N4O/c1-3-8-18-14-6-4-5-13(14)16-19-15(20-21-16)12-7-9-17-10-11(12)2/h7,9-10,13-14,18H,3-6,8H2,1-2H3. The average molecular weight is 286 g/mol. The molecule has 0 saturated heterocycles. The van der Waals surface area contributed by atoms with Crippen molar-refractivity contribution in [3.8, 4) is 11.4 Å². The van der Waals surface area contributed by atoms with E-state index < -0.39 is 0 Å². The van der Waals surface area contributed by atoms with E-state index in [9.17, 15) is 0 Å². The van der Waals surface area contributed by atoms with Crippen LogP contribution in [0.3, 0.4) is 0 Å². The van der Waals surface area contributed by atoms with E-state index in [1.165, 1.54) is 12.8 Å². The maximum Gasteiger partial charge on any atom is 0.231 e. The number of nitrogens with zero attached hydrogens (tertiary/aromatic N) is 3. The number of hydrogen-bond donors (Lipinski definition) is 1. The van der Waals surface area contributed by atoms with E-state index in [1.807, 2.05) is 19.2 Å². The normalized spacial score (nSPS) is 21.8. The molecule has 2 aromatic heterocycles. The average Bonchev–Trinajstić information content (AvgIpc) is 3.14. The van der Waals surface area contributed by atoms with Gasteiger partial charge in [0.15, 0.2) is 0 Å². The van der Waals surface area contributed by atoms with Gasteiger partial charge in [0.1, 0.15) is 0 Å². The zero-order chi connectivity index (χ0) is 14.7. The second-order valence-electron chi connectivity index (χ2n) is 5.74. The molecule has 1 aliphatic carbocycles. The van der Waals surface area contributed by atoms with Crippen LogP contribution in [0.25, 0.3) is 11.4 Å². The Kier molecular flexibility index (Phi) is 4.29. The summed E-state index contributed by atoms with van der Waals surface area (Å²) in [5.74, 6) is 1.79. The molecule has 0 bridgehead atoms. The molecule has 2 heterocycles. The molecule has 2 aromatic rings. The molecule has 0 aromatic carbocycles. The summed E-state index contributed by atoms with van der Waals surface area (Å²) >= 11 is 0. The number of aryl methyl sites for hydroxylation is 1. The molecular formula is C16H22N4O. The van der Waals surface area contributed by atoms with Crippen LogP contribution in [0, 0.1) is 6.92 Å².